The summed E-state index contributed by atoms with van der Waals surface area (Å²) >= 11 is 0. The van der Waals surface area contributed by atoms with Crippen molar-refractivity contribution in [2.75, 3.05) is 13.1 Å². The number of benzene rings is 1. The quantitative estimate of drug-likeness (QED) is 0.300. The summed E-state index contributed by atoms with van der Waals surface area (Å²) in [7, 11) is 0. The molecule has 6 heterocycles. The zero-order valence-corrected chi connectivity index (χ0v) is 21.2. The Kier molecular flexibility index (Phi) is 6.11. The minimum atomic E-state index is -1.11. The lowest BCUT2D eigenvalue weighted by atomic mass is 10.0. The van der Waals surface area contributed by atoms with Gasteiger partial charge in [-0.2, -0.15) is 5.10 Å². The number of nitrogens with one attached hydrogen (secondary N) is 2. The van der Waals surface area contributed by atoms with Gasteiger partial charge in [-0.3, -0.25) is 29.7 Å². The number of aromatic amines is 2. The van der Waals surface area contributed by atoms with Crippen molar-refractivity contribution in [1.82, 2.24) is 40.0 Å². The standard InChI is InChI=1S/C29H25FN8.FH/c1-29(30)7-11-38(17-29)16-18-12-21(15-32-14-18)20-2-3-23-22(13-20)26(37-36-23)28-34-24-6-10-33-25(27(24)35-28)19-4-8-31-9-5-19;/h2-6,8-10,12-15H,7,11,16-17H2,1H3,(H,34,35)(H,36,37);1H. The summed E-state index contributed by atoms with van der Waals surface area (Å²) in [4.78, 5) is 23.6. The monoisotopic (exact) mass is 524 g/mol. The molecular weight excluding hydrogens is 498 g/mol. The molecule has 1 fully saturated rings. The van der Waals surface area contributed by atoms with Crippen LogP contribution in [0.2, 0.25) is 0 Å². The topological polar surface area (TPSA) is 99.3 Å². The second-order valence-corrected chi connectivity index (χ2v) is 10.2. The number of nitrogens with zero attached hydrogens (tertiary/aromatic N) is 6. The Labute approximate surface area is 222 Å². The Morgan fingerprint density at radius 3 is 2.62 bits per heavy atom. The van der Waals surface area contributed by atoms with Gasteiger partial charge < -0.3 is 4.98 Å². The number of H-pyrrole nitrogens is 2. The molecular formula is C29H26F2N8. The highest BCUT2D eigenvalue weighted by Gasteiger charge is 2.33. The fourth-order valence-corrected chi connectivity index (χ4v) is 5.28. The molecule has 0 aliphatic carbocycles. The van der Waals surface area contributed by atoms with Crippen molar-refractivity contribution in [1.29, 1.82) is 0 Å². The summed E-state index contributed by atoms with van der Waals surface area (Å²) < 4.78 is 14.3. The van der Waals surface area contributed by atoms with Gasteiger partial charge in [0.1, 0.15) is 16.9 Å². The zero-order chi connectivity index (χ0) is 25.7. The van der Waals surface area contributed by atoms with Crippen LogP contribution in [0.4, 0.5) is 9.09 Å². The minimum Gasteiger partial charge on any atom is -0.336 e. The van der Waals surface area contributed by atoms with Crippen molar-refractivity contribution in [3.8, 4) is 33.9 Å². The van der Waals surface area contributed by atoms with Crippen LogP contribution in [0.25, 0.3) is 55.8 Å². The van der Waals surface area contributed by atoms with Gasteiger partial charge in [0.2, 0.25) is 0 Å². The summed E-state index contributed by atoms with van der Waals surface area (Å²) in [5, 5.41) is 8.68. The third-order valence-corrected chi connectivity index (χ3v) is 7.18. The first-order valence-corrected chi connectivity index (χ1v) is 12.6. The number of fused-ring (bicyclic) bond motifs is 2. The molecule has 6 aromatic rings. The number of rotatable bonds is 5. The van der Waals surface area contributed by atoms with E-state index >= 15 is 0 Å². The van der Waals surface area contributed by atoms with Crippen molar-refractivity contribution in [3.05, 3.63) is 79.0 Å². The minimum absolute atomic E-state index is 0. The highest BCUT2D eigenvalue weighted by Crippen LogP contribution is 2.33. The molecule has 1 saturated heterocycles. The van der Waals surface area contributed by atoms with Gasteiger partial charge in [0.25, 0.3) is 0 Å². The van der Waals surface area contributed by atoms with Crippen LogP contribution in [0.1, 0.15) is 18.9 Å². The molecule has 1 aromatic carbocycles. The van der Waals surface area contributed by atoms with Crippen LogP contribution in [-0.2, 0) is 6.54 Å². The van der Waals surface area contributed by atoms with Crippen molar-refractivity contribution in [2.24, 2.45) is 0 Å². The SMILES string of the molecule is CC1(F)CCN(Cc2cncc(-c3ccc4[nH]nc(-c5nc6c(-c7ccncc7)nccc6[nH]5)c4c3)c2)C1.F. The van der Waals surface area contributed by atoms with E-state index in [9.17, 15) is 4.39 Å². The molecule has 7 rings (SSSR count). The molecule has 0 radical (unpaired) electrons. The number of aromatic nitrogens is 7. The number of imidazole rings is 1. The molecule has 1 atom stereocenters. The number of halogens is 2. The Balaban J connectivity index is 0.00000277. The van der Waals surface area contributed by atoms with E-state index in [1.54, 1.807) is 25.5 Å². The van der Waals surface area contributed by atoms with Gasteiger partial charge in [-0.25, -0.2) is 9.37 Å². The molecule has 1 unspecified atom stereocenters. The van der Waals surface area contributed by atoms with Crippen LogP contribution >= 0.6 is 0 Å². The van der Waals surface area contributed by atoms with Gasteiger partial charge in [-0.1, -0.05) is 6.07 Å². The molecule has 10 heteroatoms. The molecule has 1 aliphatic rings. The van der Waals surface area contributed by atoms with Crippen molar-refractivity contribution in [3.63, 3.8) is 0 Å². The van der Waals surface area contributed by atoms with Crippen LogP contribution in [0.15, 0.2) is 73.4 Å². The molecule has 8 nitrogen and oxygen atoms in total. The van der Waals surface area contributed by atoms with E-state index in [-0.39, 0.29) is 4.70 Å². The molecule has 2 N–H and O–H groups in total. The number of pyridine rings is 3. The molecule has 0 bridgehead atoms. The van der Waals surface area contributed by atoms with Crippen molar-refractivity contribution < 1.29 is 9.09 Å². The largest absolute Gasteiger partial charge is 0.336 e. The molecule has 0 amide bonds. The number of likely N-dealkylation sites (tertiary alicyclic amines) is 1. The second-order valence-electron chi connectivity index (χ2n) is 10.2. The summed E-state index contributed by atoms with van der Waals surface area (Å²) in [6, 6.07) is 14.1. The maximum Gasteiger partial charge on any atom is 0.159 e. The maximum atomic E-state index is 14.3. The van der Waals surface area contributed by atoms with Gasteiger partial charge in [0.15, 0.2) is 5.82 Å². The van der Waals surface area contributed by atoms with E-state index < -0.39 is 5.67 Å². The molecule has 5 aromatic heterocycles. The number of hydrogen-bond acceptors (Lipinski definition) is 6. The average Bonchev–Trinajstić information content (AvgIpc) is 3.64. The Bertz CT molecular complexity index is 1780. The van der Waals surface area contributed by atoms with Gasteiger partial charge in [0.05, 0.1) is 16.7 Å². The van der Waals surface area contributed by atoms with E-state index in [4.69, 9.17) is 4.98 Å². The van der Waals surface area contributed by atoms with Gasteiger partial charge in [-0.15, -0.1) is 0 Å². The van der Waals surface area contributed by atoms with Crippen LogP contribution in [0.3, 0.4) is 0 Å². The highest BCUT2D eigenvalue weighted by molar-refractivity contribution is 5.97. The summed E-state index contributed by atoms with van der Waals surface area (Å²) in [6.45, 7) is 3.58. The third-order valence-electron chi connectivity index (χ3n) is 7.18. The summed E-state index contributed by atoms with van der Waals surface area (Å²) in [6.07, 6.45) is 9.57. The first-order chi connectivity index (χ1) is 18.5. The lowest BCUT2D eigenvalue weighted by Gasteiger charge is -2.17. The van der Waals surface area contributed by atoms with Gasteiger partial charge >= 0.3 is 0 Å². The molecule has 1 aliphatic heterocycles. The average molecular weight is 525 g/mol. The van der Waals surface area contributed by atoms with E-state index in [1.165, 1.54) is 0 Å². The Hall–Kier alpha value is -4.57. The van der Waals surface area contributed by atoms with E-state index in [1.807, 2.05) is 36.7 Å². The summed E-state index contributed by atoms with van der Waals surface area (Å²) in [5.41, 5.74) is 7.07. The van der Waals surface area contributed by atoms with Gasteiger partial charge in [0, 0.05) is 67.1 Å². The first-order valence-electron chi connectivity index (χ1n) is 12.6. The Morgan fingerprint density at radius 1 is 0.923 bits per heavy atom. The fourth-order valence-electron chi connectivity index (χ4n) is 5.28. The molecule has 196 valence electrons. The lowest BCUT2D eigenvalue weighted by molar-refractivity contribution is 0.186. The van der Waals surface area contributed by atoms with Gasteiger partial charge in [-0.05, 0) is 60.9 Å². The normalized spacial score (nSPS) is 17.6. The molecule has 0 saturated carbocycles. The fraction of sp³-hybridized carbons (Fsp3) is 0.207. The van der Waals surface area contributed by atoms with Crippen LogP contribution in [0.5, 0.6) is 0 Å². The molecule has 0 spiro atoms. The second kappa shape index (κ2) is 9.63. The predicted molar refractivity (Wildman–Crippen MR) is 147 cm³/mol. The number of hydrogen-bond donors (Lipinski definition) is 2. The smallest absolute Gasteiger partial charge is 0.159 e. The maximum absolute atomic E-state index is 14.3. The zero-order valence-electron chi connectivity index (χ0n) is 21.2. The van der Waals surface area contributed by atoms with Crippen LogP contribution in [-0.4, -0.2) is 58.8 Å². The third kappa shape index (κ3) is 4.63. The Morgan fingerprint density at radius 2 is 1.79 bits per heavy atom. The summed E-state index contributed by atoms with van der Waals surface area (Å²) in [5.74, 6) is 0.668. The van der Waals surface area contributed by atoms with Crippen molar-refractivity contribution >= 4 is 21.9 Å². The van der Waals surface area contributed by atoms with E-state index in [0.29, 0.717) is 25.3 Å². The number of alkyl halides is 1. The van der Waals surface area contributed by atoms with E-state index in [0.717, 1.165) is 62.1 Å². The highest BCUT2D eigenvalue weighted by atomic mass is 19.1. The lowest BCUT2D eigenvalue weighted by Crippen LogP contribution is -2.25. The van der Waals surface area contributed by atoms with Crippen LogP contribution in [0, 0.1) is 0 Å². The molecule has 39 heavy (non-hydrogen) atoms. The predicted octanol–water partition coefficient (Wildman–Crippen LogP) is 5.71. The van der Waals surface area contributed by atoms with E-state index in [2.05, 4.69) is 53.2 Å². The van der Waals surface area contributed by atoms with Crippen molar-refractivity contribution in [2.45, 2.75) is 25.6 Å². The first kappa shape index (κ1) is 24.7. The van der Waals surface area contributed by atoms with Crippen LogP contribution < -0.4 is 0 Å².